The van der Waals surface area contributed by atoms with Crippen LogP contribution in [0.2, 0.25) is 5.02 Å². The Balaban J connectivity index is 1.61. The van der Waals surface area contributed by atoms with Crippen molar-refractivity contribution in [3.63, 3.8) is 0 Å². The highest BCUT2D eigenvalue weighted by molar-refractivity contribution is 6.30. The second-order valence-corrected chi connectivity index (χ2v) is 8.15. The van der Waals surface area contributed by atoms with Crippen LogP contribution in [0.4, 0.5) is 21.9 Å². The molecule has 31 heavy (non-hydrogen) atoms. The standard InChI is InChI=1S/C22H27ClN6O2/c1-14(2)13-19(28-22(31)27-17-5-3-15(23)4-6-17)20(30)26-16-7-9-18(10-8-16)29-12-11-25-21(29)24/h3-10,14,19H,11-13H2,1-2H3,(H2,24,25)(H,26,30)(H2,27,28,31). The van der Waals surface area contributed by atoms with Gasteiger partial charge in [-0.1, -0.05) is 25.4 Å². The number of urea groups is 1. The molecule has 0 radical (unpaired) electrons. The van der Waals surface area contributed by atoms with Gasteiger partial charge in [0, 0.05) is 28.6 Å². The van der Waals surface area contributed by atoms with E-state index in [-0.39, 0.29) is 11.8 Å². The Morgan fingerprint density at radius 3 is 2.26 bits per heavy atom. The monoisotopic (exact) mass is 442 g/mol. The number of hydrogen-bond donors (Lipinski definition) is 4. The highest BCUT2D eigenvalue weighted by Gasteiger charge is 2.22. The molecule has 5 N–H and O–H groups in total. The molecule has 0 aromatic heterocycles. The van der Waals surface area contributed by atoms with Crippen LogP contribution in [0.1, 0.15) is 20.3 Å². The molecule has 0 bridgehead atoms. The summed E-state index contributed by atoms with van der Waals surface area (Å²) < 4.78 is 0. The van der Waals surface area contributed by atoms with E-state index >= 15 is 0 Å². The molecule has 0 fully saturated rings. The maximum atomic E-state index is 12.9. The number of nitrogens with zero attached hydrogens (tertiary/aromatic N) is 2. The Bertz CT molecular complexity index is 943. The molecule has 3 amide bonds. The van der Waals surface area contributed by atoms with Crippen LogP contribution in [-0.2, 0) is 4.79 Å². The van der Waals surface area contributed by atoms with Crippen LogP contribution in [0.5, 0.6) is 0 Å². The van der Waals surface area contributed by atoms with Gasteiger partial charge >= 0.3 is 6.03 Å². The van der Waals surface area contributed by atoms with E-state index in [1.54, 1.807) is 36.4 Å². The number of halogens is 1. The van der Waals surface area contributed by atoms with Gasteiger partial charge in [-0.2, -0.15) is 0 Å². The van der Waals surface area contributed by atoms with E-state index in [9.17, 15) is 9.59 Å². The van der Waals surface area contributed by atoms with Gasteiger partial charge in [0.1, 0.15) is 6.04 Å². The fourth-order valence-electron chi connectivity index (χ4n) is 3.24. The van der Waals surface area contributed by atoms with Crippen LogP contribution < -0.4 is 26.6 Å². The van der Waals surface area contributed by atoms with Crippen LogP contribution in [0.25, 0.3) is 0 Å². The van der Waals surface area contributed by atoms with Gasteiger partial charge in [0.2, 0.25) is 5.91 Å². The first-order valence-corrected chi connectivity index (χ1v) is 10.5. The molecule has 9 heteroatoms. The summed E-state index contributed by atoms with van der Waals surface area (Å²) in [5.74, 6) is 0.422. The molecule has 1 aliphatic rings. The molecule has 0 saturated carbocycles. The maximum absolute atomic E-state index is 12.9. The number of hydrogen-bond acceptors (Lipinski definition) is 5. The molecule has 1 aliphatic heterocycles. The summed E-state index contributed by atoms with van der Waals surface area (Å²) in [6.45, 7) is 5.40. The predicted octanol–water partition coefficient (Wildman–Crippen LogP) is 3.65. The van der Waals surface area contributed by atoms with E-state index in [1.807, 2.05) is 30.9 Å². The van der Waals surface area contributed by atoms with Crippen LogP contribution >= 0.6 is 11.6 Å². The Morgan fingerprint density at radius 2 is 1.68 bits per heavy atom. The molecule has 0 aliphatic carbocycles. The van der Waals surface area contributed by atoms with Crippen molar-refractivity contribution in [2.75, 3.05) is 28.6 Å². The molecule has 2 aromatic rings. The van der Waals surface area contributed by atoms with Crippen molar-refractivity contribution >= 4 is 46.6 Å². The predicted molar refractivity (Wildman–Crippen MR) is 126 cm³/mol. The fraction of sp³-hybridized carbons (Fsp3) is 0.318. The third kappa shape index (κ3) is 6.36. The van der Waals surface area contributed by atoms with Crippen molar-refractivity contribution in [1.29, 1.82) is 0 Å². The molecule has 2 aromatic carbocycles. The quantitative estimate of drug-likeness (QED) is 0.524. The number of benzene rings is 2. The molecule has 1 unspecified atom stereocenters. The lowest BCUT2D eigenvalue weighted by atomic mass is 10.0. The number of aliphatic imine (C=N–C) groups is 1. The number of rotatable bonds is 7. The van der Waals surface area contributed by atoms with Crippen LogP contribution in [0, 0.1) is 5.92 Å². The summed E-state index contributed by atoms with van der Waals surface area (Å²) in [5.41, 5.74) is 8.02. The fourth-order valence-corrected chi connectivity index (χ4v) is 3.37. The number of carbonyl (C=O) groups is 2. The summed E-state index contributed by atoms with van der Waals surface area (Å²) >= 11 is 5.87. The van der Waals surface area contributed by atoms with Crippen LogP contribution in [-0.4, -0.2) is 37.0 Å². The smallest absolute Gasteiger partial charge is 0.319 e. The van der Waals surface area contributed by atoms with Gasteiger partial charge in [0.15, 0.2) is 5.96 Å². The lowest BCUT2D eigenvalue weighted by molar-refractivity contribution is -0.118. The van der Waals surface area contributed by atoms with Crippen molar-refractivity contribution in [3.05, 3.63) is 53.6 Å². The van der Waals surface area contributed by atoms with Crippen molar-refractivity contribution in [2.24, 2.45) is 16.6 Å². The Hall–Kier alpha value is -3.26. The zero-order chi connectivity index (χ0) is 22.4. The highest BCUT2D eigenvalue weighted by Crippen LogP contribution is 2.20. The minimum atomic E-state index is -0.687. The van der Waals surface area contributed by atoms with Gasteiger partial charge in [-0.05, 0) is 60.9 Å². The third-order valence-corrected chi connectivity index (χ3v) is 5.00. The number of nitrogens with one attached hydrogen (secondary N) is 3. The first-order valence-electron chi connectivity index (χ1n) is 10.1. The van der Waals surface area contributed by atoms with E-state index in [1.165, 1.54) is 0 Å². The molecule has 0 saturated heterocycles. The van der Waals surface area contributed by atoms with Crippen molar-refractivity contribution in [2.45, 2.75) is 26.3 Å². The van der Waals surface area contributed by atoms with Gasteiger partial charge in [-0.3, -0.25) is 9.79 Å². The first-order chi connectivity index (χ1) is 14.8. The molecule has 8 nitrogen and oxygen atoms in total. The topological polar surface area (TPSA) is 112 Å². The van der Waals surface area contributed by atoms with Gasteiger partial charge in [-0.15, -0.1) is 0 Å². The second-order valence-electron chi connectivity index (χ2n) is 7.72. The van der Waals surface area contributed by atoms with Crippen LogP contribution in [0.3, 0.4) is 0 Å². The van der Waals surface area contributed by atoms with Crippen molar-refractivity contribution < 1.29 is 9.59 Å². The van der Waals surface area contributed by atoms with E-state index in [0.717, 1.165) is 12.2 Å². The highest BCUT2D eigenvalue weighted by atomic mass is 35.5. The summed E-state index contributed by atoms with van der Waals surface area (Å²) in [4.78, 5) is 31.3. The first kappa shape index (κ1) is 22.4. The summed E-state index contributed by atoms with van der Waals surface area (Å²) in [6, 6.07) is 13.0. The molecule has 164 valence electrons. The number of carbonyl (C=O) groups excluding carboxylic acids is 2. The SMILES string of the molecule is CC(C)CC(NC(=O)Nc1ccc(Cl)cc1)C(=O)Nc1ccc(N2CCN=C2N)cc1. The number of anilines is 3. The van der Waals surface area contributed by atoms with Gasteiger partial charge < -0.3 is 26.6 Å². The molecule has 3 rings (SSSR count). The maximum Gasteiger partial charge on any atom is 0.319 e. The van der Waals surface area contributed by atoms with E-state index in [0.29, 0.717) is 35.3 Å². The summed E-state index contributed by atoms with van der Waals surface area (Å²) in [7, 11) is 0. The lowest BCUT2D eigenvalue weighted by Crippen LogP contribution is -2.46. The third-order valence-electron chi connectivity index (χ3n) is 4.75. The van der Waals surface area contributed by atoms with Gasteiger partial charge in [0.25, 0.3) is 0 Å². The Morgan fingerprint density at radius 1 is 1.06 bits per heavy atom. The second kappa shape index (κ2) is 10.2. The normalized spacial score (nSPS) is 14.2. The van der Waals surface area contributed by atoms with E-state index in [4.69, 9.17) is 17.3 Å². The van der Waals surface area contributed by atoms with Crippen molar-refractivity contribution in [3.8, 4) is 0 Å². The molecular weight excluding hydrogens is 416 g/mol. The largest absolute Gasteiger partial charge is 0.370 e. The number of amides is 3. The zero-order valence-corrected chi connectivity index (χ0v) is 18.3. The average Bonchev–Trinajstić information content (AvgIpc) is 3.15. The Labute approximate surface area is 186 Å². The summed E-state index contributed by atoms with van der Waals surface area (Å²) in [6.07, 6.45) is 0.499. The molecule has 1 atom stereocenters. The molecule has 1 heterocycles. The molecule has 0 spiro atoms. The molecular formula is C22H27ClN6O2. The Kier molecular flexibility index (Phi) is 7.36. The zero-order valence-electron chi connectivity index (χ0n) is 17.6. The van der Waals surface area contributed by atoms with Crippen molar-refractivity contribution in [1.82, 2.24) is 5.32 Å². The number of nitrogens with two attached hydrogens (primary N) is 1. The van der Waals surface area contributed by atoms with Crippen LogP contribution in [0.15, 0.2) is 53.5 Å². The minimum Gasteiger partial charge on any atom is -0.370 e. The van der Waals surface area contributed by atoms with E-state index in [2.05, 4.69) is 20.9 Å². The van der Waals surface area contributed by atoms with Gasteiger partial charge in [-0.25, -0.2) is 4.79 Å². The average molecular weight is 443 g/mol. The number of guanidine groups is 1. The lowest BCUT2D eigenvalue weighted by Gasteiger charge is -2.21. The summed E-state index contributed by atoms with van der Waals surface area (Å²) in [5, 5.41) is 8.93. The van der Waals surface area contributed by atoms with E-state index < -0.39 is 12.1 Å². The van der Waals surface area contributed by atoms with Gasteiger partial charge in [0.05, 0.1) is 6.54 Å². The minimum absolute atomic E-state index is 0.214.